The van der Waals surface area contributed by atoms with Gasteiger partial charge in [-0.1, -0.05) is 38.1 Å². The number of benzene rings is 1. The number of nitrogens with zero attached hydrogens (tertiary/aromatic N) is 4. The molecule has 8 heteroatoms. The highest BCUT2D eigenvalue weighted by Gasteiger charge is 2.16. The third-order valence-electron chi connectivity index (χ3n) is 3.70. The Morgan fingerprint density at radius 1 is 1.16 bits per heavy atom. The third-order valence-corrected chi connectivity index (χ3v) is 3.70. The van der Waals surface area contributed by atoms with Crippen LogP contribution in [0.2, 0.25) is 0 Å². The van der Waals surface area contributed by atoms with Gasteiger partial charge in [-0.3, -0.25) is 9.59 Å². The highest BCUT2D eigenvalue weighted by atomic mass is 16.2. The molecule has 0 aliphatic heterocycles. The van der Waals surface area contributed by atoms with Gasteiger partial charge in [0.25, 0.3) is 0 Å². The minimum Gasteiger partial charge on any atom is -0.355 e. The van der Waals surface area contributed by atoms with Crippen LogP contribution in [0, 0.1) is 0 Å². The zero-order valence-corrected chi connectivity index (χ0v) is 15.0. The summed E-state index contributed by atoms with van der Waals surface area (Å²) in [6.07, 6.45) is 0. The standard InChI is InChI=1S/C17H24N6O2/c1-5-18-17(25)12(4)19-15(24)10-23-21-16(20-22-23)14-8-6-13(7-9-14)11(2)3/h6-9,11-12H,5,10H2,1-4H3,(H,18,25)(H,19,24)/t12-/m0/s1. The lowest BCUT2D eigenvalue weighted by atomic mass is 10.0. The van der Waals surface area contributed by atoms with Crippen molar-refractivity contribution in [2.24, 2.45) is 0 Å². The predicted octanol–water partition coefficient (Wildman–Crippen LogP) is 1.10. The molecule has 8 nitrogen and oxygen atoms in total. The maximum Gasteiger partial charge on any atom is 0.244 e. The fourth-order valence-corrected chi connectivity index (χ4v) is 2.25. The number of tetrazole rings is 1. The molecule has 0 saturated heterocycles. The summed E-state index contributed by atoms with van der Waals surface area (Å²) in [4.78, 5) is 24.8. The van der Waals surface area contributed by atoms with E-state index in [2.05, 4.69) is 39.9 Å². The van der Waals surface area contributed by atoms with Crippen molar-refractivity contribution in [3.05, 3.63) is 29.8 Å². The van der Waals surface area contributed by atoms with Crippen LogP contribution in [0.4, 0.5) is 0 Å². The Labute approximate surface area is 147 Å². The zero-order valence-electron chi connectivity index (χ0n) is 15.0. The number of aromatic nitrogens is 4. The fraction of sp³-hybridized carbons (Fsp3) is 0.471. The van der Waals surface area contributed by atoms with Crippen molar-refractivity contribution in [2.75, 3.05) is 6.54 Å². The molecule has 2 rings (SSSR count). The van der Waals surface area contributed by atoms with Crippen molar-refractivity contribution in [1.82, 2.24) is 30.8 Å². The summed E-state index contributed by atoms with van der Waals surface area (Å²) < 4.78 is 0. The number of hydrogen-bond donors (Lipinski definition) is 2. The normalized spacial score (nSPS) is 12.0. The summed E-state index contributed by atoms with van der Waals surface area (Å²) in [5.74, 6) is 0.333. The summed E-state index contributed by atoms with van der Waals surface area (Å²) in [6.45, 7) is 8.12. The molecule has 0 fully saturated rings. The van der Waals surface area contributed by atoms with E-state index in [1.54, 1.807) is 6.92 Å². The summed E-state index contributed by atoms with van der Waals surface area (Å²) in [5.41, 5.74) is 2.07. The Balaban J connectivity index is 1.96. The van der Waals surface area contributed by atoms with E-state index in [0.717, 1.165) is 5.56 Å². The maximum atomic E-state index is 12.0. The molecule has 0 aliphatic carbocycles. The first kappa shape index (κ1) is 18.6. The molecule has 1 aromatic heterocycles. The molecule has 2 N–H and O–H groups in total. The highest BCUT2D eigenvalue weighted by Crippen LogP contribution is 2.19. The van der Waals surface area contributed by atoms with E-state index in [0.29, 0.717) is 18.3 Å². The minimum atomic E-state index is -0.612. The number of carbonyl (C=O) groups excluding carboxylic acids is 2. The lowest BCUT2D eigenvalue weighted by molar-refractivity contribution is -0.129. The molecule has 2 amide bonds. The molecule has 0 aliphatic rings. The van der Waals surface area contributed by atoms with Crippen molar-refractivity contribution in [1.29, 1.82) is 0 Å². The van der Waals surface area contributed by atoms with Crippen LogP contribution in [0.1, 0.15) is 39.2 Å². The number of carbonyl (C=O) groups is 2. The second kappa shape index (κ2) is 8.36. The van der Waals surface area contributed by atoms with Gasteiger partial charge in [-0.2, -0.15) is 4.80 Å². The molecule has 0 saturated carbocycles. The lowest BCUT2D eigenvalue weighted by Gasteiger charge is -2.12. The quantitative estimate of drug-likeness (QED) is 0.783. The van der Waals surface area contributed by atoms with Crippen molar-refractivity contribution in [3.8, 4) is 11.4 Å². The average molecular weight is 344 g/mol. The van der Waals surface area contributed by atoms with Crippen molar-refractivity contribution >= 4 is 11.8 Å². The summed E-state index contributed by atoms with van der Waals surface area (Å²) in [5, 5.41) is 17.3. The predicted molar refractivity (Wildman–Crippen MR) is 93.6 cm³/mol. The second-order valence-electron chi connectivity index (χ2n) is 6.10. The Morgan fingerprint density at radius 3 is 2.44 bits per heavy atom. The molecule has 0 bridgehead atoms. The molecular formula is C17H24N6O2. The van der Waals surface area contributed by atoms with Crippen LogP contribution in [0.3, 0.4) is 0 Å². The van der Waals surface area contributed by atoms with E-state index < -0.39 is 6.04 Å². The zero-order chi connectivity index (χ0) is 18.4. The van der Waals surface area contributed by atoms with Gasteiger partial charge in [0.2, 0.25) is 17.6 Å². The van der Waals surface area contributed by atoms with E-state index >= 15 is 0 Å². The Morgan fingerprint density at radius 2 is 1.84 bits per heavy atom. The van der Waals surface area contributed by atoms with Crippen molar-refractivity contribution in [3.63, 3.8) is 0 Å². The van der Waals surface area contributed by atoms with Gasteiger partial charge in [0.15, 0.2) is 0 Å². The third kappa shape index (κ3) is 5.10. The topological polar surface area (TPSA) is 102 Å². The van der Waals surface area contributed by atoms with Crippen LogP contribution in [0.25, 0.3) is 11.4 Å². The van der Waals surface area contributed by atoms with E-state index in [1.165, 1.54) is 10.4 Å². The van der Waals surface area contributed by atoms with Gasteiger partial charge in [-0.15, -0.1) is 10.2 Å². The van der Waals surface area contributed by atoms with E-state index in [-0.39, 0.29) is 18.4 Å². The van der Waals surface area contributed by atoms with Crippen LogP contribution in [-0.2, 0) is 16.1 Å². The van der Waals surface area contributed by atoms with E-state index in [9.17, 15) is 9.59 Å². The molecule has 0 radical (unpaired) electrons. The van der Waals surface area contributed by atoms with Gasteiger partial charge in [0.05, 0.1) is 0 Å². The van der Waals surface area contributed by atoms with Gasteiger partial charge in [-0.05, 0) is 30.5 Å². The highest BCUT2D eigenvalue weighted by molar-refractivity contribution is 5.87. The molecule has 1 heterocycles. The van der Waals surface area contributed by atoms with E-state index in [4.69, 9.17) is 0 Å². The summed E-state index contributed by atoms with van der Waals surface area (Å²) in [7, 11) is 0. The van der Waals surface area contributed by atoms with Gasteiger partial charge < -0.3 is 10.6 Å². The monoisotopic (exact) mass is 344 g/mol. The largest absolute Gasteiger partial charge is 0.355 e. The maximum absolute atomic E-state index is 12.0. The van der Waals surface area contributed by atoms with Crippen molar-refractivity contribution in [2.45, 2.75) is 46.2 Å². The first-order valence-electron chi connectivity index (χ1n) is 8.36. The molecule has 134 valence electrons. The minimum absolute atomic E-state index is 0.0964. The smallest absolute Gasteiger partial charge is 0.244 e. The number of nitrogens with one attached hydrogen (secondary N) is 2. The molecule has 2 aromatic rings. The number of likely N-dealkylation sites (N-methyl/N-ethyl adjacent to an activating group) is 1. The average Bonchev–Trinajstić information content (AvgIpc) is 3.03. The van der Waals surface area contributed by atoms with Crippen LogP contribution in [-0.4, -0.2) is 44.6 Å². The number of amides is 2. The molecule has 0 unspecified atom stereocenters. The number of rotatable bonds is 7. The van der Waals surface area contributed by atoms with Crippen LogP contribution >= 0.6 is 0 Å². The Kier molecular flexibility index (Phi) is 6.21. The fourth-order valence-electron chi connectivity index (χ4n) is 2.25. The first-order valence-corrected chi connectivity index (χ1v) is 8.36. The van der Waals surface area contributed by atoms with Crippen LogP contribution < -0.4 is 10.6 Å². The van der Waals surface area contributed by atoms with Gasteiger partial charge in [-0.25, -0.2) is 0 Å². The van der Waals surface area contributed by atoms with Gasteiger partial charge in [0, 0.05) is 12.1 Å². The van der Waals surface area contributed by atoms with Crippen LogP contribution in [0.15, 0.2) is 24.3 Å². The second-order valence-corrected chi connectivity index (χ2v) is 6.10. The van der Waals surface area contributed by atoms with Gasteiger partial charge >= 0.3 is 0 Å². The van der Waals surface area contributed by atoms with Gasteiger partial charge in [0.1, 0.15) is 12.6 Å². The first-order chi connectivity index (χ1) is 11.9. The van der Waals surface area contributed by atoms with Crippen LogP contribution in [0.5, 0.6) is 0 Å². The Hall–Kier alpha value is -2.77. The molecule has 1 atom stereocenters. The molecule has 25 heavy (non-hydrogen) atoms. The Bertz CT molecular complexity index is 723. The molecule has 0 spiro atoms. The SMILES string of the molecule is CCNC(=O)[C@H](C)NC(=O)Cn1nnc(-c2ccc(C(C)C)cc2)n1. The number of hydrogen-bond acceptors (Lipinski definition) is 5. The molecule has 1 aromatic carbocycles. The summed E-state index contributed by atoms with van der Waals surface area (Å²) >= 11 is 0. The summed E-state index contributed by atoms with van der Waals surface area (Å²) in [6, 6.07) is 7.32. The van der Waals surface area contributed by atoms with E-state index in [1.807, 2.05) is 31.2 Å². The molecular weight excluding hydrogens is 320 g/mol. The lowest BCUT2D eigenvalue weighted by Crippen LogP contribution is -2.45. The van der Waals surface area contributed by atoms with Crippen molar-refractivity contribution < 1.29 is 9.59 Å².